The fourth-order valence-electron chi connectivity index (χ4n) is 0.913. The highest BCUT2D eigenvalue weighted by Gasteiger charge is 2.04. The SMILES string of the molecule is C/C(=N\O)c1ccccc1N=O. The second-order valence-electron chi connectivity index (χ2n) is 2.29. The molecule has 62 valence electrons. The maximum absolute atomic E-state index is 10.3. The summed E-state index contributed by atoms with van der Waals surface area (Å²) in [6.07, 6.45) is 0. The van der Waals surface area contributed by atoms with Gasteiger partial charge in [0.15, 0.2) is 0 Å². The van der Waals surface area contributed by atoms with E-state index in [4.69, 9.17) is 5.21 Å². The Morgan fingerprint density at radius 3 is 2.67 bits per heavy atom. The van der Waals surface area contributed by atoms with Crippen molar-refractivity contribution in [2.24, 2.45) is 10.3 Å². The van der Waals surface area contributed by atoms with E-state index in [1.165, 1.54) is 0 Å². The minimum atomic E-state index is 0.285. The van der Waals surface area contributed by atoms with Crippen LogP contribution in [0.15, 0.2) is 34.6 Å². The molecule has 0 fully saturated rings. The van der Waals surface area contributed by atoms with Gasteiger partial charge in [0.05, 0.1) is 5.71 Å². The van der Waals surface area contributed by atoms with Gasteiger partial charge in [-0.25, -0.2) is 0 Å². The lowest BCUT2D eigenvalue weighted by molar-refractivity contribution is 0.319. The molecule has 1 aromatic carbocycles. The van der Waals surface area contributed by atoms with E-state index >= 15 is 0 Å². The highest BCUT2D eigenvalue weighted by molar-refractivity contribution is 6.02. The maximum Gasteiger partial charge on any atom is 0.117 e. The van der Waals surface area contributed by atoms with Crippen LogP contribution in [-0.2, 0) is 0 Å². The third-order valence-corrected chi connectivity index (χ3v) is 1.54. The first-order valence-electron chi connectivity index (χ1n) is 3.41. The van der Waals surface area contributed by atoms with Crippen molar-refractivity contribution in [2.75, 3.05) is 0 Å². The van der Waals surface area contributed by atoms with Gasteiger partial charge < -0.3 is 5.21 Å². The molecule has 0 aromatic heterocycles. The lowest BCUT2D eigenvalue weighted by Gasteiger charge is -1.98. The van der Waals surface area contributed by atoms with Gasteiger partial charge in [-0.15, -0.1) is 4.91 Å². The Labute approximate surface area is 69.5 Å². The molecule has 4 heteroatoms. The number of nitrogens with zero attached hydrogens (tertiary/aromatic N) is 2. The predicted molar refractivity (Wildman–Crippen MR) is 45.9 cm³/mol. The summed E-state index contributed by atoms with van der Waals surface area (Å²) < 4.78 is 0. The van der Waals surface area contributed by atoms with Crippen molar-refractivity contribution in [3.63, 3.8) is 0 Å². The van der Waals surface area contributed by atoms with E-state index in [0.717, 1.165) is 0 Å². The Morgan fingerprint density at radius 2 is 2.08 bits per heavy atom. The molecule has 0 atom stereocenters. The summed E-state index contributed by atoms with van der Waals surface area (Å²) in [6.45, 7) is 1.60. The lowest BCUT2D eigenvalue weighted by atomic mass is 10.1. The smallest absolute Gasteiger partial charge is 0.117 e. The van der Waals surface area contributed by atoms with E-state index < -0.39 is 0 Å². The highest BCUT2D eigenvalue weighted by atomic mass is 16.4. The molecule has 0 heterocycles. The van der Waals surface area contributed by atoms with Gasteiger partial charge in [0.1, 0.15) is 5.69 Å². The van der Waals surface area contributed by atoms with Crippen LogP contribution in [0, 0.1) is 4.91 Å². The van der Waals surface area contributed by atoms with E-state index in [1.54, 1.807) is 31.2 Å². The van der Waals surface area contributed by atoms with Crippen molar-refractivity contribution in [2.45, 2.75) is 6.92 Å². The molecule has 0 saturated carbocycles. The summed E-state index contributed by atoms with van der Waals surface area (Å²) in [5, 5.41) is 14.2. The van der Waals surface area contributed by atoms with Crippen molar-refractivity contribution >= 4 is 11.4 Å². The molecule has 0 aliphatic rings. The highest BCUT2D eigenvalue weighted by Crippen LogP contribution is 2.18. The molecule has 0 aliphatic carbocycles. The van der Waals surface area contributed by atoms with Gasteiger partial charge in [0.2, 0.25) is 0 Å². The van der Waals surface area contributed by atoms with E-state index in [1.807, 2.05) is 0 Å². The first-order chi connectivity index (χ1) is 5.79. The van der Waals surface area contributed by atoms with E-state index in [0.29, 0.717) is 11.3 Å². The summed E-state index contributed by atoms with van der Waals surface area (Å²) in [6, 6.07) is 6.69. The Hall–Kier alpha value is -1.71. The second kappa shape index (κ2) is 3.61. The van der Waals surface area contributed by atoms with Crippen molar-refractivity contribution in [1.29, 1.82) is 0 Å². The van der Waals surface area contributed by atoms with Crippen LogP contribution in [0.4, 0.5) is 5.69 Å². The number of nitroso groups, excluding NO2 is 1. The van der Waals surface area contributed by atoms with Gasteiger partial charge in [0, 0.05) is 5.56 Å². The second-order valence-corrected chi connectivity index (χ2v) is 2.29. The molecular formula is C8H8N2O2. The zero-order valence-corrected chi connectivity index (χ0v) is 6.56. The number of hydrogen-bond donors (Lipinski definition) is 1. The third-order valence-electron chi connectivity index (χ3n) is 1.54. The van der Waals surface area contributed by atoms with Crippen molar-refractivity contribution < 1.29 is 5.21 Å². The minimum Gasteiger partial charge on any atom is -0.411 e. The van der Waals surface area contributed by atoms with Crippen LogP contribution < -0.4 is 0 Å². The largest absolute Gasteiger partial charge is 0.411 e. The fourth-order valence-corrected chi connectivity index (χ4v) is 0.913. The molecule has 12 heavy (non-hydrogen) atoms. The van der Waals surface area contributed by atoms with Gasteiger partial charge in [-0.1, -0.05) is 23.4 Å². The summed E-state index contributed by atoms with van der Waals surface area (Å²) >= 11 is 0. The molecule has 0 radical (unpaired) electrons. The van der Waals surface area contributed by atoms with Crippen LogP contribution in [0.2, 0.25) is 0 Å². The van der Waals surface area contributed by atoms with Gasteiger partial charge in [0.25, 0.3) is 0 Å². The number of oxime groups is 1. The van der Waals surface area contributed by atoms with Gasteiger partial charge in [-0.2, -0.15) is 0 Å². The van der Waals surface area contributed by atoms with Crippen molar-refractivity contribution in [1.82, 2.24) is 0 Å². The zero-order chi connectivity index (χ0) is 8.97. The first-order valence-corrected chi connectivity index (χ1v) is 3.41. The lowest BCUT2D eigenvalue weighted by Crippen LogP contribution is -1.93. The van der Waals surface area contributed by atoms with Crippen LogP contribution in [0.5, 0.6) is 0 Å². The third kappa shape index (κ3) is 1.47. The summed E-state index contributed by atoms with van der Waals surface area (Å²) in [5.41, 5.74) is 1.22. The van der Waals surface area contributed by atoms with Crippen LogP contribution in [0.3, 0.4) is 0 Å². The topological polar surface area (TPSA) is 62.0 Å². The molecule has 1 aromatic rings. The average Bonchev–Trinajstić information content (AvgIpc) is 2.16. The van der Waals surface area contributed by atoms with Gasteiger partial charge in [-0.3, -0.25) is 0 Å². The average molecular weight is 164 g/mol. The zero-order valence-electron chi connectivity index (χ0n) is 6.56. The molecule has 1 rings (SSSR count). The van der Waals surface area contributed by atoms with E-state index in [2.05, 4.69) is 10.3 Å². The van der Waals surface area contributed by atoms with Crippen molar-refractivity contribution in [3.05, 3.63) is 34.7 Å². The monoisotopic (exact) mass is 164 g/mol. The number of hydrogen-bond acceptors (Lipinski definition) is 4. The quantitative estimate of drug-likeness (QED) is 0.315. The normalized spacial score (nSPS) is 11.2. The summed E-state index contributed by atoms with van der Waals surface area (Å²) in [4.78, 5) is 10.3. The molecule has 0 unspecified atom stereocenters. The molecule has 0 spiro atoms. The first kappa shape index (κ1) is 8.39. The minimum absolute atomic E-state index is 0.285. The molecule has 0 amide bonds. The molecule has 4 nitrogen and oxygen atoms in total. The Bertz CT molecular complexity index is 321. The molecule has 1 N–H and O–H groups in total. The Kier molecular flexibility index (Phi) is 2.53. The molecule has 0 saturated heterocycles. The van der Waals surface area contributed by atoms with Gasteiger partial charge >= 0.3 is 0 Å². The van der Waals surface area contributed by atoms with Crippen LogP contribution >= 0.6 is 0 Å². The standard InChI is InChI=1S/C8H8N2O2/c1-6(9-11)7-4-2-3-5-8(7)10-12/h2-5,11H,1H3/b9-6+. The number of rotatable bonds is 2. The van der Waals surface area contributed by atoms with Crippen LogP contribution in [0.25, 0.3) is 0 Å². The molecule has 0 aliphatic heterocycles. The summed E-state index contributed by atoms with van der Waals surface area (Å²) in [5.74, 6) is 0. The van der Waals surface area contributed by atoms with E-state index in [9.17, 15) is 4.91 Å². The maximum atomic E-state index is 10.3. The fraction of sp³-hybridized carbons (Fsp3) is 0.125. The van der Waals surface area contributed by atoms with Gasteiger partial charge in [-0.05, 0) is 18.2 Å². The van der Waals surface area contributed by atoms with Crippen LogP contribution in [0.1, 0.15) is 12.5 Å². The Balaban J connectivity index is 3.22. The van der Waals surface area contributed by atoms with Crippen LogP contribution in [-0.4, -0.2) is 10.9 Å². The summed E-state index contributed by atoms with van der Waals surface area (Å²) in [7, 11) is 0. The predicted octanol–water partition coefficient (Wildman–Crippen LogP) is 2.28. The Morgan fingerprint density at radius 1 is 1.42 bits per heavy atom. The molecule has 0 bridgehead atoms. The number of benzene rings is 1. The molecular weight excluding hydrogens is 156 g/mol. The van der Waals surface area contributed by atoms with E-state index in [-0.39, 0.29) is 5.69 Å². The van der Waals surface area contributed by atoms with Crippen molar-refractivity contribution in [3.8, 4) is 0 Å².